The molecule has 3 aromatic rings. The van der Waals surface area contributed by atoms with E-state index in [0.29, 0.717) is 22.3 Å². The summed E-state index contributed by atoms with van der Waals surface area (Å²) in [7, 11) is 3.16. The predicted octanol–water partition coefficient (Wildman–Crippen LogP) is 4.94. The van der Waals surface area contributed by atoms with E-state index in [9.17, 15) is 4.79 Å². The maximum atomic E-state index is 12.7. The molecule has 0 radical (unpaired) electrons. The van der Waals surface area contributed by atoms with Gasteiger partial charge in [-0.05, 0) is 48.0 Å². The number of fused-ring (bicyclic) bond motifs is 1. The van der Waals surface area contributed by atoms with Crippen molar-refractivity contribution >= 4 is 41.2 Å². The zero-order chi connectivity index (χ0) is 21.1. The fourth-order valence-electron chi connectivity index (χ4n) is 3.20. The number of amides is 1. The van der Waals surface area contributed by atoms with Gasteiger partial charge < -0.3 is 14.8 Å². The number of halogens is 1. The molecule has 30 heavy (non-hydrogen) atoms. The molecular formula is C22H20ClN3O3S. The molecule has 2 heterocycles. The van der Waals surface area contributed by atoms with Gasteiger partial charge in [0.05, 0.1) is 25.6 Å². The van der Waals surface area contributed by atoms with Crippen molar-refractivity contribution in [1.29, 1.82) is 0 Å². The van der Waals surface area contributed by atoms with Crippen LogP contribution in [0.25, 0.3) is 11.8 Å². The molecule has 0 saturated carbocycles. The summed E-state index contributed by atoms with van der Waals surface area (Å²) in [6.45, 7) is 0. The van der Waals surface area contributed by atoms with Crippen molar-refractivity contribution in [2.24, 2.45) is 0 Å². The monoisotopic (exact) mass is 441 g/mol. The number of thioether (sulfide) groups is 1. The van der Waals surface area contributed by atoms with E-state index in [1.807, 2.05) is 24.3 Å². The molecule has 1 aromatic heterocycles. The van der Waals surface area contributed by atoms with E-state index in [4.69, 9.17) is 21.1 Å². The minimum atomic E-state index is -0.236. The summed E-state index contributed by atoms with van der Waals surface area (Å²) in [6, 6.07) is 12.9. The second-order valence-corrected chi connectivity index (χ2v) is 8.01. The van der Waals surface area contributed by atoms with E-state index in [-0.39, 0.29) is 5.91 Å². The van der Waals surface area contributed by atoms with Crippen molar-refractivity contribution in [2.75, 3.05) is 19.5 Å². The standard InChI is InChI=1S/C22H20ClN3O3S/c1-28-19-9-3-14(11-20(19)29-2)4-10-21(27)24-22-17-12-30-13-18(17)25-26(22)16-7-5-15(23)6-8-16/h3-11H,12-13H2,1-2H3,(H,24,27)/b10-4+. The number of nitrogens with zero attached hydrogens (tertiary/aromatic N) is 2. The molecule has 2 aromatic carbocycles. The SMILES string of the molecule is COc1ccc(/C=C/C(=O)Nc2c3c(nn2-c2ccc(Cl)cc2)CSC3)cc1OC. The lowest BCUT2D eigenvalue weighted by molar-refractivity contribution is -0.111. The van der Waals surface area contributed by atoms with Crippen molar-refractivity contribution in [3.63, 3.8) is 0 Å². The Balaban J connectivity index is 1.58. The van der Waals surface area contributed by atoms with Crippen LogP contribution in [0.3, 0.4) is 0 Å². The Hall–Kier alpha value is -2.90. The zero-order valence-electron chi connectivity index (χ0n) is 16.5. The first-order valence-corrected chi connectivity index (χ1v) is 10.8. The fraction of sp³-hybridized carbons (Fsp3) is 0.182. The average molecular weight is 442 g/mol. The third-order valence-electron chi connectivity index (χ3n) is 4.70. The quantitative estimate of drug-likeness (QED) is 0.549. The molecular weight excluding hydrogens is 422 g/mol. The van der Waals surface area contributed by atoms with Gasteiger partial charge in [-0.15, -0.1) is 0 Å². The Morgan fingerprint density at radius 1 is 1.13 bits per heavy atom. The van der Waals surface area contributed by atoms with Crippen molar-refractivity contribution in [3.05, 3.63) is 70.4 Å². The number of hydrogen-bond donors (Lipinski definition) is 1. The maximum absolute atomic E-state index is 12.7. The average Bonchev–Trinajstić information content (AvgIpc) is 3.35. The van der Waals surface area contributed by atoms with Gasteiger partial charge >= 0.3 is 0 Å². The molecule has 1 amide bonds. The van der Waals surface area contributed by atoms with Crippen molar-refractivity contribution in [1.82, 2.24) is 9.78 Å². The highest BCUT2D eigenvalue weighted by molar-refractivity contribution is 7.98. The van der Waals surface area contributed by atoms with Crippen LogP contribution in [0.1, 0.15) is 16.8 Å². The van der Waals surface area contributed by atoms with E-state index in [2.05, 4.69) is 10.4 Å². The summed E-state index contributed by atoms with van der Waals surface area (Å²) in [5, 5.41) is 8.34. The van der Waals surface area contributed by atoms with Crippen LogP contribution in [-0.2, 0) is 16.3 Å². The van der Waals surface area contributed by atoms with E-state index >= 15 is 0 Å². The van der Waals surface area contributed by atoms with Crippen LogP contribution < -0.4 is 14.8 Å². The minimum Gasteiger partial charge on any atom is -0.493 e. The van der Waals surface area contributed by atoms with Gasteiger partial charge in [0, 0.05) is 28.2 Å². The lowest BCUT2D eigenvalue weighted by Crippen LogP contribution is -2.13. The van der Waals surface area contributed by atoms with E-state index in [1.54, 1.807) is 54.9 Å². The number of anilines is 1. The predicted molar refractivity (Wildman–Crippen MR) is 121 cm³/mol. The van der Waals surface area contributed by atoms with Gasteiger partial charge in [-0.3, -0.25) is 4.79 Å². The fourth-order valence-corrected chi connectivity index (χ4v) is 4.36. The topological polar surface area (TPSA) is 65.4 Å². The van der Waals surface area contributed by atoms with E-state index in [1.165, 1.54) is 6.08 Å². The summed E-state index contributed by atoms with van der Waals surface area (Å²) in [5.41, 5.74) is 3.73. The third kappa shape index (κ3) is 4.17. The van der Waals surface area contributed by atoms with Crippen molar-refractivity contribution in [2.45, 2.75) is 11.5 Å². The van der Waals surface area contributed by atoms with Gasteiger partial charge in [-0.25, -0.2) is 4.68 Å². The van der Waals surface area contributed by atoms with Gasteiger partial charge in [-0.2, -0.15) is 16.9 Å². The number of methoxy groups -OCH3 is 2. The smallest absolute Gasteiger partial charge is 0.249 e. The number of carbonyl (C=O) groups is 1. The van der Waals surface area contributed by atoms with Crippen LogP contribution in [0.2, 0.25) is 5.02 Å². The second kappa shape index (κ2) is 8.85. The Labute approximate surface area is 183 Å². The Bertz CT molecular complexity index is 1110. The highest BCUT2D eigenvalue weighted by atomic mass is 35.5. The molecule has 1 N–H and O–H groups in total. The molecule has 0 fully saturated rings. The number of benzene rings is 2. The summed E-state index contributed by atoms with van der Waals surface area (Å²) < 4.78 is 12.3. The lowest BCUT2D eigenvalue weighted by Gasteiger charge is -2.10. The molecule has 0 atom stereocenters. The van der Waals surface area contributed by atoms with Gasteiger partial charge in [0.2, 0.25) is 5.91 Å². The van der Waals surface area contributed by atoms with E-state index in [0.717, 1.165) is 34.0 Å². The molecule has 0 bridgehead atoms. The van der Waals surface area contributed by atoms with Gasteiger partial charge in [0.25, 0.3) is 0 Å². The number of carbonyl (C=O) groups excluding carboxylic acids is 1. The molecule has 0 saturated heterocycles. The molecule has 6 nitrogen and oxygen atoms in total. The Morgan fingerprint density at radius 2 is 1.90 bits per heavy atom. The van der Waals surface area contributed by atoms with Crippen molar-refractivity contribution < 1.29 is 14.3 Å². The molecule has 1 aliphatic rings. The number of nitrogens with one attached hydrogen (secondary N) is 1. The normalized spacial score (nSPS) is 12.8. The number of rotatable bonds is 6. The second-order valence-electron chi connectivity index (χ2n) is 6.59. The first kappa shape index (κ1) is 20.4. The van der Waals surface area contributed by atoms with Crippen LogP contribution in [0.5, 0.6) is 11.5 Å². The molecule has 1 aliphatic heterocycles. The number of hydrogen-bond acceptors (Lipinski definition) is 5. The first-order valence-electron chi connectivity index (χ1n) is 9.24. The first-order chi connectivity index (χ1) is 14.6. The van der Waals surface area contributed by atoms with Crippen LogP contribution in [0, 0.1) is 0 Å². The summed E-state index contributed by atoms with van der Waals surface area (Å²) >= 11 is 7.79. The molecule has 4 rings (SSSR count). The molecule has 154 valence electrons. The molecule has 0 unspecified atom stereocenters. The van der Waals surface area contributed by atoms with Crippen LogP contribution in [0.4, 0.5) is 5.82 Å². The van der Waals surface area contributed by atoms with Gasteiger partial charge in [-0.1, -0.05) is 17.7 Å². The van der Waals surface area contributed by atoms with Gasteiger partial charge in [0.1, 0.15) is 5.82 Å². The summed E-state index contributed by atoms with van der Waals surface area (Å²) in [6.07, 6.45) is 3.23. The van der Waals surface area contributed by atoms with Crippen LogP contribution >= 0.6 is 23.4 Å². The largest absolute Gasteiger partial charge is 0.493 e. The van der Waals surface area contributed by atoms with Crippen LogP contribution in [0.15, 0.2) is 48.5 Å². The highest BCUT2D eigenvalue weighted by Crippen LogP contribution is 2.36. The Kier molecular flexibility index (Phi) is 6.01. The molecule has 8 heteroatoms. The van der Waals surface area contributed by atoms with Gasteiger partial charge in [0.15, 0.2) is 11.5 Å². The lowest BCUT2D eigenvalue weighted by atomic mass is 10.2. The van der Waals surface area contributed by atoms with Crippen LogP contribution in [-0.4, -0.2) is 29.9 Å². The Morgan fingerprint density at radius 3 is 2.63 bits per heavy atom. The van der Waals surface area contributed by atoms with Crippen molar-refractivity contribution in [3.8, 4) is 17.2 Å². The minimum absolute atomic E-state index is 0.236. The summed E-state index contributed by atoms with van der Waals surface area (Å²) in [5.74, 6) is 3.35. The molecule has 0 spiro atoms. The summed E-state index contributed by atoms with van der Waals surface area (Å²) in [4.78, 5) is 12.7. The number of aromatic nitrogens is 2. The molecule has 0 aliphatic carbocycles. The third-order valence-corrected chi connectivity index (χ3v) is 5.92. The highest BCUT2D eigenvalue weighted by Gasteiger charge is 2.24. The number of ether oxygens (including phenoxy) is 2. The maximum Gasteiger partial charge on any atom is 0.249 e. The zero-order valence-corrected chi connectivity index (χ0v) is 18.1. The van der Waals surface area contributed by atoms with E-state index < -0.39 is 0 Å².